The van der Waals surface area contributed by atoms with Crippen LogP contribution in [0.1, 0.15) is 6.42 Å². The highest BCUT2D eigenvalue weighted by Crippen LogP contribution is 2.29. The fraction of sp³-hybridized carbons (Fsp3) is 0.667. The fourth-order valence-corrected chi connectivity index (χ4v) is 3.12. The van der Waals surface area contributed by atoms with Crippen LogP contribution in [0.3, 0.4) is 0 Å². The maximum absolute atomic E-state index is 13.5. The Balaban J connectivity index is 1.77. The van der Waals surface area contributed by atoms with E-state index < -0.39 is 53.2 Å². The van der Waals surface area contributed by atoms with Crippen molar-refractivity contribution < 1.29 is 83.6 Å². The zero-order valence-corrected chi connectivity index (χ0v) is 26.6. The molecule has 0 radical (unpaired) electrons. The quantitative estimate of drug-likeness (QED) is 0.0207. The van der Waals surface area contributed by atoms with Crippen molar-refractivity contribution >= 4 is 11.9 Å². The summed E-state index contributed by atoms with van der Waals surface area (Å²) in [7, 11) is 0. The van der Waals surface area contributed by atoms with Crippen LogP contribution in [0.4, 0.5) is 22.0 Å². The zero-order chi connectivity index (χ0) is 35.2. The number of hydrogen-bond acceptors (Lipinski definition) is 13. The van der Waals surface area contributed by atoms with Crippen molar-refractivity contribution in [3.63, 3.8) is 0 Å². The lowest BCUT2D eigenvalue weighted by molar-refractivity contribution is -0.139. The Kier molecular flexibility index (Phi) is 26.2. The first-order chi connectivity index (χ1) is 23.3. The molecule has 0 aliphatic rings. The van der Waals surface area contributed by atoms with Crippen LogP contribution in [0, 0.1) is 29.1 Å². The van der Waals surface area contributed by atoms with Crippen molar-refractivity contribution in [1.82, 2.24) is 0 Å². The summed E-state index contributed by atoms with van der Waals surface area (Å²) in [4.78, 5) is 22.5. The molecule has 0 atom stereocenters. The first kappa shape index (κ1) is 43.2. The number of carbonyl (C=O) groups is 2. The molecule has 1 aromatic carbocycles. The molecule has 0 aliphatic carbocycles. The summed E-state index contributed by atoms with van der Waals surface area (Å²) in [6.07, 6.45) is 0.599. The van der Waals surface area contributed by atoms with Gasteiger partial charge in [0.2, 0.25) is 34.8 Å². The van der Waals surface area contributed by atoms with E-state index >= 15 is 0 Å². The Morgan fingerprint density at radius 2 is 0.708 bits per heavy atom. The van der Waals surface area contributed by atoms with Crippen molar-refractivity contribution in [2.24, 2.45) is 0 Å². The largest absolute Gasteiger partial charge is 0.460 e. The summed E-state index contributed by atoms with van der Waals surface area (Å²) in [6, 6.07) is 0. The molecule has 0 saturated carbocycles. The molecular weight excluding hydrogens is 663 g/mol. The van der Waals surface area contributed by atoms with Crippen LogP contribution in [0.15, 0.2) is 12.7 Å². The van der Waals surface area contributed by atoms with Crippen molar-refractivity contribution in [2.45, 2.75) is 6.42 Å². The molecule has 0 amide bonds. The van der Waals surface area contributed by atoms with E-state index in [1.54, 1.807) is 0 Å². The summed E-state index contributed by atoms with van der Waals surface area (Å²) >= 11 is 0. The van der Waals surface area contributed by atoms with Gasteiger partial charge in [0.1, 0.15) is 6.61 Å². The molecule has 0 bridgehead atoms. The first-order valence-electron chi connectivity index (χ1n) is 15.0. The van der Waals surface area contributed by atoms with Crippen LogP contribution >= 0.6 is 0 Å². The van der Waals surface area contributed by atoms with Gasteiger partial charge in [0.15, 0.2) is 0 Å². The summed E-state index contributed by atoms with van der Waals surface area (Å²) in [6.45, 7) is 9.18. The van der Waals surface area contributed by atoms with Gasteiger partial charge in [-0.05, 0) is 0 Å². The van der Waals surface area contributed by atoms with Crippen LogP contribution in [0.5, 0.6) is 5.75 Å². The van der Waals surface area contributed by atoms with Crippen LogP contribution in [0.25, 0.3) is 0 Å². The number of ether oxygens (including phenoxy) is 11. The normalized spacial score (nSPS) is 11.2. The molecule has 48 heavy (non-hydrogen) atoms. The van der Waals surface area contributed by atoms with Crippen LogP contribution in [-0.4, -0.2) is 137 Å². The molecule has 1 rings (SSSR count). The van der Waals surface area contributed by atoms with Gasteiger partial charge in [-0.25, -0.2) is 18.0 Å². The van der Waals surface area contributed by atoms with Gasteiger partial charge in [-0.1, -0.05) is 6.58 Å². The monoisotopic (exact) mass is 706 g/mol. The maximum Gasteiger partial charge on any atom is 0.330 e. The third kappa shape index (κ3) is 21.2. The van der Waals surface area contributed by atoms with E-state index in [4.69, 9.17) is 47.4 Å². The van der Waals surface area contributed by atoms with Gasteiger partial charge in [-0.15, -0.1) is 0 Å². The SMILES string of the molecule is C=CC(=O)OCCOCCOCCOCCOCCOCCOCCOCCOCCOCCC(=O)Oc1c(F)c(F)c(F)c(F)c1F. The van der Waals surface area contributed by atoms with E-state index in [9.17, 15) is 31.5 Å². The Morgan fingerprint density at radius 3 is 1.02 bits per heavy atom. The lowest BCUT2D eigenvalue weighted by Crippen LogP contribution is -2.16. The topological polar surface area (TPSA) is 136 Å². The Morgan fingerprint density at radius 1 is 0.438 bits per heavy atom. The van der Waals surface area contributed by atoms with E-state index in [1.165, 1.54) is 0 Å². The second-order valence-electron chi connectivity index (χ2n) is 9.01. The molecule has 18 heteroatoms. The van der Waals surface area contributed by atoms with Crippen molar-refractivity contribution in [1.29, 1.82) is 0 Å². The summed E-state index contributed by atoms with van der Waals surface area (Å²) in [5.41, 5.74) is 0. The molecule has 0 spiro atoms. The summed E-state index contributed by atoms with van der Waals surface area (Å²) in [5.74, 6) is -14.6. The number of halogens is 5. The van der Waals surface area contributed by atoms with Crippen LogP contribution in [-0.2, 0) is 57.0 Å². The second kappa shape index (κ2) is 29.1. The molecule has 0 saturated heterocycles. The summed E-state index contributed by atoms with van der Waals surface area (Å²) < 4.78 is 123. The van der Waals surface area contributed by atoms with Gasteiger partial charge in [0.05, 0.1) is 125 Å². The van der Waals surface area contributed by atoms with Gasteiger partial charge in [0.25, 0.3) is 0 Å². The molecule has 276 valence electrons. The van der Waals surface area contributed by atoms with Gasteiger partial charge in [-0.2, -0.15) is 8.78 Å². The van der Waals surface area contributed by atoms with Crippen LogP contribution in [0.2, 0.25) is 0 Å². The van der Waals surface area contributed by atoms with E-state index in [2.05, 4.69) is 11.3 Å². The molecule has 13 nitrogen and oxygen atoms in total. The average molecular weight is 707 g/mol. The number of rotatable bonds is 32. The molecule has 0 fully saturated rings. The van der Waals surface area contributed by atoms with Gasteiger partial charge in [-0.3, -0.25) is 4.79 Å². The maximum atomic E-state index is 13.5. The van der Waals surface area contributed by atoms with E-state index in [1.807, 2.05) is 0 Å². The minimum Gasteiger partial charge on any atom is -0.460 e. The smallest absolute Gasteiger partial charge is 0.330 e. The standard InChI is InChI=1S/C30H43F5O13/c1-2-23(36)47-22-21-46-20-19-45-18-17-44-16-15-43-14-13-42-12-11-41-10-9-40-8-7-39-6-5-38-4-3-24(37)48-30-28(34)26(32)25(31)27(33)29(30)35/h2H,1,3-22H2. The van der Waals surface area contributed by atoms with Gasteiger partial charge >= 0.3 is 11.9 Å². The lowest BCUT2D eigenvalue weighted by Gasteiger charge is -2.09. The van der Waals surface area contributed by atoms with Crippen LogP contribution < -0.4 is 4.74 Å². The highest BCUT2D eigenvalue weighted by molar-refractivity contribution is 5.81. The Bertz CT molecular complexity index is 1010. The molecule has 0 unspecified atom stereocenters. The van der Waals surface area contributed by atoms with Crippen molar-refractivity contribution in [3.8, 4) is 5.75 Å². The lowest BCUT2D eigenvalue weighted by atomic mass is 10.2. The van der Waals surface area contributed by atoms with E-state index in [0.717, 1.165) is 6.08 Å². The highest BCUT2D eigenvalue weighted by atomic mass is 19.2. The molecule has 1 aromatic rings. The predicted molar refractivity (Wildman–Crippen MR) is 155 cm³/mol. The molecular formula is C30H43F5O13. The Hall–Kier alpha value is -2.81. The van der Waals surface area contributed by atoms with E-state index in [-0.39, 0.29) is 33.0 Å². The Labute approximate surface area is 275 Å². The van der Waals surface area contributed by atoms with Crippen molar-refractivity contribution in [3.05, 3.63) is 41.7 Å². The van der Waals surface area contributed by atoms with Gasteiger partial charge < -0.3 is 52.1 Å². The summed E-state index contributed by atoms with van der Waals surface area (Å²) in [5, 5.41) is 0. The molecule has 0 aromatic heterocycles. The molecule has 0 aliphatic heterocycles. The predicted octanol–water partition coefficient (Wildman–Crippen LogP) is 2.56. The minimum atomic E-state index is -2.35. The first-order valence-corrected chi connectivity index (χ1v) is 15.0. The third-order valence-electron chi connectivity index (χ3n) is 5.45. The molecule has 0 N–H and O–H groups in total. The average Bonchev–Trinajstić information content (AvgIpc) is 3.09. The zero-order valence-electron chi connectivity index (χ0n) is 26.6. The third-order valence-corrected chi connectivity index (χ3v) is 5.45. The van der Waals surface area contributed by atoms with E-state index in [0.29, 0.717) is 92.5 Å². The second-order valence-corrected chi connectivity index (χ2v) is 9.01. The molecule has 0 heterocycles. The fourth-order valence-electron chi connectivity index (χ4n) is 3.12. The number of benzene rings is 1. The highest BCUT2D eigenvalue weighted by Gasteiger charge is 2.28. The number of hydrogen-bond donors (Lipinski definition) is 0. The van der Waals surface area contributed by atoms with Gasteiger partial charge in [0, 0.05) is 6.08 Å². The number of esters is 2. The number of carbonyl (C=O) groups excluding carboxylic acids is 2. The minimum absolute atomic E-state index is 0.0752. The van der Waals surface area contributed by atoms with Crippen molar-refractivity contribution in [2.75, 3.05) is 126 Å².